The Labute approximate surface area is 60.4 Å². The molecule has 1 aliphatic heterocycles. The SMILES string of the molecule is NCCCN1CCNC1=O. The Kier molecular flexibility index (Phi) is 2.50. The topological polar surface area (TPSA) is 58.4 Å². The van der Waals surface area contributed by atoms with Crippen molar-refractivity contribution in [2.75, 3.05) is 26.2 Å². The Hall–Kier alpha value is -0.770. The summed E-state index contributed by atoms with van der Waals surface area (Å²) in [5.74, 6) is 0. The fourth-order valence-electron chi connectivity index (χ4n) is 1.01. The van der Waals surface area contributed by atoms with Crippen LogP contribution in [-0.4, -0.2) is 37.1 Å². The largest absolute Gasteiger partial charge is 0.336 e. The Morgan fingerprint density at radius 3 is 3.00 bits per heavy atom. The molecular weight excluding hydrogens is 130 g/mol. The number of carbonyl (C=O) groups excluding carboxylic acids is 1. The van der Waals surface area contributed by atoms with Crippen molar-refractivity contribution < 1.29 is 4.79 Å². The lowest BCUT2D eigenvalue weighted by Crippen LogP contribution is -2.30. The van der Waals surface area contributed by atoms with Crippen LogP contribution in [0.3, 0.4) is 0 Å². The number of carbonyl (C=O) groups is 1. The molecule has 3 N–H and O–H groups in total. The highest BCUT2D eigenvalue weighted by Crippen LogP contribution is 1.96. The molecule has 2 amide bonds. The van der Waals surface area contributed by atoms with E-state index in [4.69, 9.17) is 5.73 Å². The van der Waals surface area contributed by atoms with Gasteiger partial charge in [-0.25, -0.2) is 4.79 Å². The van der Waals surface area contributed by atoms with Crippen LogP contribution in [-0.2, 0) is 0 Å². The van der Waals surface area contributed by atoms with E-state index in [-0.39, 0.29) is 6.03 Å². The normalized spacial score (nSPS) is 17.7. The van der Waals surface area contributed by atoms with Crippen LogP contribution < -0.4 is 11.1 Å². The van der Waals surface area contributed by atoms with Crippen LogP contribution in [0.15, 0.2) is 0 Å². The van der Waals surface area contributed by atoms with Crippen molar-refractivity contribution in [2.24, 2.45) is 5.73 Å². The van der Waals surface area contributed by atoms with Crippen LogP contribution in [0, 0.1) is 0 Å². The Morgan fingerprint density at radius 1 is 1.70 bits per heavy atom. The molecule has 1 aliphatic rings. The van der Waals surface area contributed by atoms with Gasteiger partial charge in [0.15, 0.2) is 0 Å². The predicted octanol–water partition coefficient (Wildman–Crippen LogP) is -0.640. The maximum atomic E-state index is 10.9. The molecule has 0 aliphatic carbocycles. The first-order valence-corrected chi connectivity index (χ1v) is 3.57. The highest BCUT2D eigenvalue weighted by Gasteiger charge is 2.17. The Balaban J connectivity index is 2.20. The third-order valence-electron chi connectivity index (χ3n) is 1.58. The highest BCUT2D eigenvalue weighted by atomic mass is 16.2. The van der Waals surface area contributed by atoms with Crippen LogP contribution in [0.4, 0.5) is 4.79 Å². The van der Waals surface area contributed by atoms with E-state index < -0.39 is 0 Å². The molecule has 1 heterocycles. The first-order valence-electron chi connectivity index (χ1n) is 3.57. The van der Waals surface area contributed by atoms with Crippen molar-refractivity contribution in [2.45, 2.75) is 6.42 Å². The number of amides is 2. The summed E-state index contributed by atoms with van der Waals surface area (Å²) in [5, 5.41) is 2.72. The third kappa shape index (κ3) is 1.60. The van der Waals surface area contributed by atoms with Crippen LogP contribution in [0.25, 0.3) is 0 Å². The smallest absolute Gasteiger partial charge is 0.317 e. The van der Waals surface area contributed by atoms with Gasteiger partial charge in [-0.05, 0) is 13.0 Å². The van der Waals surface area contributed by atoms with Gasteiger partial charge in [0.2, 0.25) is 0 Å². The van der Waals surface area contributed by atoms with Crippen molar-refractivity contribution in [1.82, 2.24) is 10.2 Å². The molecule has 0 saturated carbocycles. The quantitative estimate of drug-likeness (QED) is 0.552. The summed E-state index contributed by atoms with van der Waals surface area (Å²) in [6.07, 6.45) is 0.896. The number of nitrogens with zero attached hydrogens (tertiary/aromatic N) is 1. The Morgan fingerprint density at radius 2 is 2.50 bits per heavy atom. The van der Waals surface area contributed by atoms with Crippen LogP contribution in [0.5, 0.6) is 0 Å². The lowest BCUT2D eigenvalue weighted by atomic mass is 10.4. The summed E-state index contributed by atoms with van der Waals surface area (Å²) in [5.41, 5.74) is 5.29. The monoisotopic (exact) mass is 143 g/mol. The first kappa shape index (κ1) is 7.34. The molecule has 4 heteroatoms. The summed E-state index contributed by atoms with van der Waals surface area (Å²) in [6, 6.07) is 0.0495. The van der Waals surface area contributed by atoms with E-state index in [0.29, 0.717) is 6.54 Å². The van der Waals surface area contributed by atoms with Gasteiger partial charge in [-0.1, -0.05) is 0 Å². The third-order valence-corrected chi connectivity index (χ3v) is 1.58. The molecule has 1 saturated heterocycles. The van der Waals surface area contributed by atoms with E-state index in [1.54, 1.807) is 4.90 Å². The van der Waals surface area contributed by atoms with Gasteiger partial charge < -0.3 is 16.0 Å². The van der Waals surface area contributed by atoms with Gasteiger partial charge in [0.05, 0.1) is 0 Å². The second kappa shape index (κ2) is 3.41. The first-order chi connectivity index (χ1) is 4.84. The summed E-state index contributed by atoms with van der Waals surface area (Å²) in [7, 11) is 0. The fraction of sp³-hybridized carbons (Fsp3) is 0.833. The zero-order valence-corrected chi connectivity index (χ0v) is 5.97. The molecule has 0 aromatic heterocycles. The summed E-state index contributed by atoms with van der Waals surface area (Å²) in [6.45, 7) is 3.06. The van der Waals surface area contributed by atoms with E-state index >= 15 is 0 Å². The van der Waals surface area contributed by atoms with Gasteiger partial charge in [-0.2, -0.15) is 0 Å². The molecule has 1 fully saturated rings. The molecule has 0 bridgehead atoms. The standard InChI is InChI=1S/C6H13N3O/c7-2-1-4-9-5-3-8-6(9)10/h1-5,7H2,(H,8,10). The minimum absolute atomic E-state index is 0.0495. The molecule has 0 unspecified atom stereocenters. The van der Waals surface area contributed by atoms with Crippen molar-refractivity contribution in [3.05, 3.63) is 0 Å². The lowest BCUT2D eigenvalue weighted by molar-refractivity contribution is 0.217. The van der Waals surface area contributed by atoms with E-state index in [9.17, 15) is 4.79 Å². The maximum absolute atomic E-state index is 10.9. The minimum atomic E-state index is 0.0495. The molecule has 0 spiro atoms. The number of urea groups is 1. The zero-order chi connectivity index (χ0) is 7.40. The van der Waals surface area contributed by atoms with E-state index in [1.807, 2.05) is 0 Å². The lowest BCUT2D eigenvalue weighted by Gasteiger charge is -2.11. The number of hydrogen-bond acceptors (Lipinski definition) is 2. The second-order valence-electron chi connectivity index (χ2n) is 2.36. The minimum Gasteiger partial charge on any atom is -0.336 e. The van der Waals surface area contributed by atoms with Gasteiger partial charge in [-0.15, -0.1) is 0 Å². The Bertz CT molecular complexity index is 126. The molecule has 0 aromatic rings. The molecule has 10 heavy (non-hydrogen) atoms. The van der Waals surface area contributed by atoms with Gasteiger partial charge in [-0.3, -0.25) is 0 Å². The molecule has 0 radical (unpaired) electrons. The fourth-order valence-corrected chi connectivity index (χ4v) is 1.01. The number of hydrogen-bond donors (Lipinski definition) is 2. The molecule has 4 nitrogen and oxygen atoms in total. The molecule has 58 valence electrons. The van der Waals surface area contributed by atoms with Crippen LogP contribution in [0.1, 0.15) is 6.42 Å². The van der Waals surface area contributed by atoms with Gasteiger partial charge in [0, 0.05) is 19.6 Å². The predicted molar refractivity (Wildman–Crippen MR) is 38.6 cm³/mol. The second-order valence-corrected chi connectivity index (χ2v) is 2.36. The summed E-state index contributed by atoms with van der Waals surface area (Å²) >= 11 is 0. The van der Waals surface area contributed by atoms with Crippen molar-refractivity contribution >= 4 is 6.03 Å². The maximum Gasteiger partial charge on any atom is 0.317 e. The van der Waals surface area contributed by atoms with Crippen LogP contribution in [0.2, 0.25) is 0 Å². The average Bonchev–Trinajstić information content (AvgIpc) is 2.31. The van der Waals surface area contributed by atoms with Crippen molar-refractivity contribution in [3.8, 4) is 0 Å². The summed E-state index contributed by atoms with van der Waals surface area (Å²) < 4.78 is 0. The molecule has 0 atom stereocenters. The van der Waals surface area contributed by atoms with Crippen molar-refractivity contribution in [1.29, 1.82) is 0 Å². The highest BCUT2D eigenvalue weighted by molar-refractivity contribution is 5.76. The van der Waals surface area contributed by atoms with Gasteiger partial charge >= 0.3 is 6.03 Å². The number of nitrogens with one attached hydrogen (secondary N) is 1. The van der Waals surface area contributed by atoms with Crippen molar-refractivity contribution in [3.63, 3.8) is 0 Å². The average molecular weight is 143 g/mol. The van der Waals surface area contributed by atoms with E-state index in [1.165, 1.54) is 0 Å². The van der Waals surface area contributed by atoms with E-state index in [0.717, 1.165) is 26.1 Å². The van der Waals surface area contributed by atoms with E-state index in [2.05, 4.69) is 5.32 Å². The number of nitrogens with two attached hydrogens (primary N) is 1. The van der Waals surface area contributed by atoms with Gasteiger partial charge in [0.25, 0.3) is 0 Å². The number of rotatable bonds is 3. The summed E-state index contributed by atoms with van der Waals surface area (Å²) in [4.78, 5) is 12.6. The molecule has 1 rings (SSSR count). The zero-order valence-electron chi connectivity index (χ0n) is 5.97. The molecule has 0 aromatic carbocycles. The molecular formula is C6H13N3O. The van der Waals surface area contributed by atoms with Crippen LogP contribution >= 0.6 is 0 Å². The van der Waals surface area contributed by atoms with Gasteiger partial charge in [0.1, 0.15) is 0 Å².